The van der Waals surface area contributed by atoms with Crippen molar-refractivity contribution in [3.05, 3.63) is 46.3 Å². The first-order chi connectivity index (χ1) is 14.5. The minimum Gasteiger partial charge on any atom is -0.462 e. The number of carbonyl (C=O) groups excluding carboxylic acids is 2. The molecule has 0 atom stereocenters. The van der Waals surface area contributed by atoms with Crippen molar-refractivity contribution in [1.82, 2.24) is 14.8 Å². The average Bonchev–Trinajstić information content (AvgIpc) is 3.26. The molecule has 0 aliphatic rings. The third kappa shape index (κ3) is 4.73. The van der Waals surface area contributed by atoms with Crippen LogP contribution in [0.15, 0.2) is 35.5 Å². The lowest BCUT2D eigenvalue weighted by Crippen LogP contribution is -2.16. The number of nitrogens with zero attached hydrogens (tertiary/aromatic N) is 3. The Morgan fingerprint density at radius 1 is 1.20 bits per heavy atom. The maximum Gasteiger partial charge on any atom is 0.341 e. The molecule has 0 bridgehead atoms. The van der Waals surface area contributed by atoms with Gasteiger partial charge in [-0.05, 0) is 25.8 Å². The van der Waals surface area contributed by atoms with E-state index < -0.39 is 5.97 Å². The largest absolute Gasteiger partial charge is 0.462 e. The summed E-state index contributed by atoms with van der Waals surface area (Å²) >= 11 is 2.72. The second-order valence-corrected chi connectivity index (χ2v) is 8.54. The van der Waals surface area contributed by atoms with Gasteiger partial charge in [0.15, 0.2) is 11.0 Å². The van der Waals surface area contributed by atoms with E-state index in [1.165, 1.54) is 23.1 Å². The SMILES string of the molecule is CCOC(=O)c1c(NC(=O)CSc2nnc(-c3ccccc3)n2C)sc(CC)c1C. The molecule has 0 saturated carbocycles. The van der Waals surface area contributed by atoms with Crippen molar-refractivity contribution < 1.29 is 14.3 Å². The minimum atomic E-state index is -0.408. The molecule has 1 N–H and O–H groups in total. The molecule has 0 fully saturated rings. The number of esters is 1. The summed E-state index contributed by atoms with van der Waals surface area (Å²) < 4.78 is 7.03. The smallest absolute Gasteiger partial charge is 0.341 e. The average molecular weight is 445 g/mol. The number of rotatable bonds is 8. The van der Waals surface area contributed by atoms with Crippen molar-refractivity contribution in [2.45, 2.75) is 32.3 Å². The Morgan fingerprint density at radius 3 is 2.60 bits per heavy atom. The number of thiophene rings is 1. The van der Waals surface area contributed by atoms with Gasteiger partial charge in [-0.3, -0.25) is 4.79 Å². The van der Waals surface area contributed by atoms with Crippen molar-refractivity contribution in [2.75, 3.05) is 17.7 Å². The lowest BCUT2D eigenvalue weighted by molar-refractivity contribution is -0.113. The lowest BCUT2D eigenvalue weighted by atomic mass is 10.1. The molecule has 2 heterocycles. The number of nitrogens with one attached hydrogen (secondary N) is 1. The van der Waals surface area contributed by atoms with Crippen LogP contribution < -0.4 is 5.32 Å². The summed E-state index contributed by atoms with van der Waals surface area (Å²) in [6.45, 7) is 5.96. The maximum absolute atomic E-state index is 12.6. The van der Waals surface area contributed by atoms with Gasteiger partial charge in [-0.25, -0.2) is 4.79 Å². The van der Waals surface area contributed by atoms with Crippen LogP contribution in [0.5, 0.6) is 0 Å². The van der Waals surface area contributed by atoms with Crippen LogP contribution in [0.25, 0.3) is 11.4 Å². The summed E-state index contributed by atoms with van der Waals surface area (Å²) in [4.78, 5) is 26.0. The molecule has 0 aliphatic carbocycles. The first kappa shape index (κ1) is 22.0. The number of amides is 1. The van der Waals surface area contributed by atoms with Gasteiger partial charge in [-0.2, -0.15) is 0 Å². The normalized spacial score (nSPS) is 10.8. The first-order valence-electron chi connectivity index (χ1n) is 9.63. The molecule has 0 radical (unpaired) electrons. The van der Waals surface area contributed by atoms with E-state index in [-0.39, 0.29) is 18.3 Å². The first-order valence-corrected chi connectivity index (χ1v) is 11.4. The number of benzene rings is 1. The van der Waals surface area contributed by atoms with Gasteiger partial charge in [0.1, 0.15) is 5.00 Å². The fraction of sp³-hybridized carbons (Fsp3) is 0.333. The summed E-state index contributed by atoms with van der Waals surface area (Å²) in [5.41, 5.74) is 2.27. The number of carbonyl (C=O) groups is 2. The minimum absolute atomic E-state index is 0.154. The van der Waals surface area contributed by atoms with E-state index in [1.807, 2.05) is 55.8 Å². The van der Waals surface area contributed by atoms with Crippen LogP contribution >= 0.6 is 23.1 Å². The van der Waals surface area contributed by atoms with Crippen LogP contribution in [0.1, 0.15) is 34.6 Å². The van der Waals surface area contributed by atoms with Crippen LogP contribution in [0.2, 0.25) is 0 Å². The fourth-order valence-corrected chi connectivity index (χ4v) is 4.87. The molecule has 1 aromatic carbocycles. The van der Waals surface area contributed by atoms with Gasteiger partial charge in [0, 0.05) is 17.5 Å². The Balaban J connectivity index is 1.70. The molecule has 0 unspecified atom stereocenters. The van der Waals surface area contributed by atoms with Gasteiger partial charge in [-0.15, -0.1) is 21.5 Å². The predicted molar refractivity (Wildman–Crippen MR) is 120 cm³/mol. The van der Waals surface area contributed by atoms with E-state index in [2.05, 4.69) is 15.5 Å². The van der Waals surface area contributed by atoms with Crippen molar-refractivity contribution in [1.29, 1.82) is 0 Å². The van der Waals surface area contributed by atoms with E-state index in [9.17, 15) is 9.59 Å². The highest BCUT2D eigenvalue weighted by molar-refractivity contribution is 7.99. The standard InChI is InChI=1S/C21H24N4O3S2/c1-5-15-13(3)17(20(27)28-6-2)19(30-15)22-16(26)12-29-21-24-23-18(25(21)4)14-10-8-7-9-11-14/h7-11H,5-6,12H2,1-4H3,(H,22,26). The zero-order valence-corrected chi connectivity index (χ0v) is 19.0. The van der Waals surface area contributed by atoms with E-state index in [0.29, 0.717) is 15.7 Å². The molecule has 30 heavy (non-hydrogen) atoms. The second-order valence-electron chi connectivity index (χ2n) is 6.50. The van der Waals surface area contributed by atoms with Gasteiger partial charge < -0.3 is 14.6 Å². The molecule has 0 aliphatic heterocycles. The molecule has 9 heteroatoms. The fourth-order valence-electron chi connectivity index (χ4n) is 3.01. The molecule has 7 nitrogen and oxygen atoms in total. The van der Waals surface area contributed by atoms with E-state index >= 15 is 0 Å². The number of hydrogen-bond donors (Lipinski definition) is 1. The van der Waals surface area contributed by atoms with E-state index in [1.54, 1.807) is 6.92 Å². The molecule has 0 spiro atoms. The van der Waals surface area contributed by atoms with E-state index in [0.717, 1.165) is 28.2 Å². The van der Waals surface area contributed by atoms with Gasteiger partial charge in [-0.1, -0.05) is 49.0 Å². The van der Waals surface area contributed by atoms with Crippen molar-refractivity contribution in [3.8, 4) is 11.4 Å². The monoisotopic (exact) mass is 444 g/mol. The van der Waals surface area contributed by atoms with Gasteiger partial charge in [0.05, 0.1) is 17.9 Å². The lowest BCUT2D eigenvalue weighted by Gasteiger charge is -2.07. The van der Waals surface area contributed by atoms with Crippen LogP contribution in [0.3, 0.4) is 0 Å². The Labute approximate surface area is 183 Å². The maximum atomic E-state index is 12.6. The second kappa shape index (κ2) is 9.90. The van der Waals surface area contributed by atoms with E-state index in [4.69, 9.17) is 4.74 Å². The van der Waals surface area contributed by atoms with Crippen molar-refractivity contribution >= 4 is 40.0 Å². The third-order valence-electron chi connectivity index (χ3n) is 4.50. The highest BCUT2D eigenvalue weighted by Crippen LogP contribution is 2.34. The Morgan fingerprint density at radius 2 is 1.93 bits per heavy atom. The van der Waals surface area contributed by atoms with Crippen LogP contribution in [-0.4, -0.2) is 39.0 Å². The van der Waals surface area contributed by atoms with Gasteiger partial charge in [0.2, 0.25) is 5.91 Å². The molecule has 3 aromatic rings. The summed E-state index contributed by atoms with van der Waals surface area (Å²) in [6, 6.07) is 9.76. The Kier molecular flexibility index (Phi) is 7.28. The number of aryl methyl sites for hydroxylation is 1. The zero-order valence-electron chi connectivity index (χ0n) is 17.4. The number of anilines is 1. The Hall–Kier alpha value is -2.65. The third-order valence-corrected chi connectivity index (χ3v) is 6.87. The number of aromatic nitrogens is 3. The van der Waals surface area contributed by atoms with Crippen molar-refractivity contribution in [3.63, 3.8) is 0 Å². The zero-order chi connectivity index (χ0) is 21.7. The molecule has 158 valence electrons. The quantitative estimate of drug-likeness (QED) is 0.411. The topological polar surface area (TPSA) is 86.1 Å². The number of thioether (sulfide) groups is 1. The number of ether oxygens (including phenoxy) is 1. The Bertz CT molecular complexity index is 1040. The molecule has 3 rings (SSSR count). The summed E-state index contributed by atoms with van der Waals surface area (Å²) in [5, 5.41) is 12.5. The van der Waals surface area contributed by atoms with Crippen LogP contribution in [0, 0.1) is 6.92 Å². The number of hydrogen-bond acceptors (Lipinski definition) is 7. The predicted octanol–water partition coefficient (Wildman–Crippen LogP) is 4.32. The summed E-state index contributed by atoms with van der Waals surface area (Å²) in [7, 11) is 1.87. The summed E-state index contributed by atoms with van der Waals surface area (Å²) in [5.74, 6) is 0.277. The molecular formula is C21H24N4O3S2. The van der Waals surface area contributed by atoms with Crippen molar-refractivity contribution in [2.24, 2.45) is 7.05 Å². The van der Waals surface area contributed by atoms with Gasteiger partial charge in [0.25, 0.3) is 0 Å². The van der Waals surface area contributed by atoms with Crippen LogP contribution in [0.4, 0.5) is 5.00 Å². The van der Waals surface area contributed by atoms with Crippen LogP contribution in [-0.2, 0) is 23.0 Å². The summed E-state index contributed by atoms with van der Waals surface area (Å²) in [6.07, 6.45) is 0.786. The molecular weight excluding hydrogens is 420 g/mol. The molecule has 0 saturated heterocycles. The van der Waals surface area contributed by atoms with Gasteiger partial charge >= 0.3 is 5.97 Å². The molecule has 1 amide bonds. The highest BCUT2D eigenvalue weighted by atomic mass is 32.2. The highest BCUT2D eigenvalue weighted by Gasteiger charge is 2.23. The molecule has 2 aromatic heterocycles.